The lowest BCUT2D eigenvalue weighted by molar-refractivity contribution is 0.0514. The van der Waals surface area contributed by atoms with Gasteiger partial charge in [-0.2, -0.15) is 4.39 Å². The number of pyridine rings is 1. The van der Waals surface area contributed by atoms with Crippen LogP contribution in [0.2, 0.25) is 0 Å². The summed E-state index contributed by atoms with van der Waals surface area (Å²) in [5.74, 6) is -1.43. The van der Waals surface area contributed by atoms with E-state index in [0.717, 1.165) is 0 Å². The van der Waals surface area contributed by atoms with Crippen LogP contribution in [0.3, 0.4) is 0 Å². The van der Waals surface area contributed by atoms with E-state index in [4.69, 9.17) is 0 Å². The zero-order chi connectivity index (χ0) is 10.8. The Morgan fingerprint density at radius 3 is 3.07 bits per heavy atom. The Hall–Kier alpha value is -1.91. The maximum Gasteiger partial charge on any atom is 0.361 e. The number of halogens is 1. The minimum absolute atomic E-state index is 0.201. The van der Waals surface area contributed by atoms with Crippen molar-refractivity contribution in [2.75, 3.05) is 6.61 Å². The molecule has 0 unspecified atom stereocenters. The summed E-state index contributed by atoms with van der Waals surface area (Å²) in [7, 11) is 0. The Balaban J connectivity index is 2.53. The Morgan fingerprint density at radius 2 is 2.40 bits per heavy atom. The van der Waals surface area contributed by atoms with Crippen molar-refractivity contribution in [3.8, 4) is 0 Å². The summed E-state index contributed by atoms with van der Waals surface area (Å²) in [5.41, 5.74) is 0.112. The van der Waals surface area contributed by atoms with Gasteiger partial charge in [0, 0.05) is 6.20 Å². The molecule has 4 nitrogen and oxygen atoms in total. The molecule has 0 aliphatic rings. The number of hydrogen-bond acceptors (Lipinski definition) is 3. The largest absolute Gasteiger partial charge is 0.461 e. The van der Waals surface area contributed by atoms with Crippen LogP contribution in [0.4, 0.5) is 4.39 Å². The van der Waals surface area contributed by atoms with Gasteiger partial charge in [0.05, 0.1) is 6.61 Å². The Kier molecular flexibility index (Phi) is 2.37. The first-order chi connectivity index (χ1) is 7.24. The fourth-order valence-electron chi connectivity index (χ4n) is 1.30. The molecule has 78 valence electrons. The van der Waals surface area contributed by atoms with Crippen molar-refractivity contribution in [2.24, 2.45) is 0 Å². The number of rotatable bonds is 2. The molecule has 0 saturated heterocycles. The molecule has 5 heteroatoms. The van der Waals surface area contributed by atoms with Gasteiger partial charge >= 0.3 is 5.97 Å². The van der Waals surface area contributed by atoms with Crippen LogP contribution in [0.15, 0.2) is 24.4 Å². The van der Waals surface area contributed by atoms with Gasteiger partial charge in [-0.1, -0.05) is 6.07 Å². The first-order valence-electron chi connectivity index (χ1n) is 4.53. The molecule has 0 fully saturated rings. The van der Waals surface area contributed by atoms with E-state index in [9.17, 15) is 9.18 Å². The van der Waals surface area contributed by atoms with Gasteiger partial charge in [-0.25, -0.2) is 9.78 Å². The fourth-order valence-corrected chi connectivity index (χ4v) is 1.30. The molecule has 0 radical (unpaired) electrons. The summed E-state index contributed by atoms with van der Waals surface area (Å²) in [5, 5.41) is 0. The topological polar surface area (TPSA) is 43.6 Å². The highest BCUT2D eigenvalue weighted by Gasteiger charge is 2.19. The van der Waals surface area contributed by atoms with Gasteiger partial charge in [0.25, 0.3) is 0 Å². The number of fused-ring (bicyclic) bond motifs is 1. The first-order valence-corrected chi connectivity index (χ1v) is 4.53. The van der Waals surface area contributed by atoms with E-state index >= 15 is 0 Å². The molecule has 2 heterocycles. The monoisotopic (exact) mass is 208 g/mol. The van der Waals surface area contributed by atoms with Crippen molar-refractivity contribution in [3.63, 3.8) is 0 Å². The first kappa shape index (κ1) is 9.64. The average Bonchev–Trinajstić information content (AvgIpc) is 2.57. The lowest BCUT2D eigenvalue weighted by Crippen LogP contribution is -2.07. The zero-order valence-electron chi connectivity index (χ0n) is 8.11. The molecule has 0 aliphatic carbocycles. The second-order valence-electron chi connectivity index (χ2n) is 2.90. The summed E-state index contributed by atoms with van der Waals surface area (Å²) in [4.78, 5) is 15.1. The van der Waals surface area contributed by atoms with Crippen molar-refractivity contribution in [1.29, 1.82) is 0 Å². The van der Waals surface area contributed by atoms with Crippen LogP contribution in [-0.4, -0.2) is 22.0 Å². The van der Waals surface area contributed by atoms with Gasteiger partial charge in [-0.3, -0.25) is 4.40 Å². The summed E-state index contributed by atoms with van der Waals surface area (Å²) in [6, 6.07) is 5.00. The van der Waals surface area contributed by atoms with Crippen molar-refractivity contribution in [1.82, 2.24) is 9.38 Å². The number of nitrogens with zero attached hydrogens (tertiary/aromatic N) is 2. The number of ether oxygens (including phenoxy) is 1. The van der Waals surface area contributed by atoms with E-state index in [0.29, 0.717) is 5.65 Å². The normalized spacial score (nSPS) is 10.5. The highest BCUT2D eigenvalue weighted by atomic mass is 19.1. The van der Waals surface area contributed by atoms with Crippen molar-refractivity contribution >= 4 is 11.6 Å². The van der Waals surface area contributed by atoms with Gasteiger partial charge < -0.3 is 4.74 Å². The lowest BCUT2D eigenvalue weighted by atomic mass is 10.5. The molecule has 2 aromatic rings. The highest BCUT2D eigenvalue weighted by molar-refractivity contribution is 5.88. The smallest absolute Gasteiger partial charge is 0.361 e. The maximum atomic E-state index is 13.6. The molecule has 15 heavy (non-hydrogen) atoms. The molecular weight excluding hydrogens is 199 g/mol. The van der Waals surface area contributed by atoms with E-state index in [1.54, 1.807) is 25.1 Å². The minimum atomic E-state index is -0.737. The van der Waals surface area contributed by atoms with E-state index < -0.39 is 11.9 Å². The Morgan fingerprint density at radius 1 is 1.60 bits per heavy atom. The third kappa shape index (κ3) is 1.56. The number of aromatic nitrogens is 2. The second kappa shape index (κ2) is 3.68. The van der Waals surface area contributed by atoms with E-state index in [1.165, 1.54) is 10.6 Å². The number of hydrogen-bond donors (Lipinski definition) is 0. The zero-order valence-corrected chi connectivity index (χ0v) is 8.11. The van der Waals surface area contributed by atoms with Gasteiger partial charge in [0.15, 0.2) is 0 Å². The van der Waals surface area contributed by atoms with Crippen LogP contribution in [0.25, 0.3) is 5.65 Å². The lowest BCUT2D eigenvalue weighted by Gasteiger charge is -1.96. The summed E-state index contributed by atoms with van der Waals surface area (Å²) < 4.78 is 19.5. The standard InChI is InChI=1S/C10H9FN2O2/c1-2-15-10(14)8-9(11)13-6-4-3-5-7(13)12-8/h3-6H,2H2,1H3. The van der Waals surface area contributed by atoms with Gasteiger partial charge in [0.2, 0.25) is 11.6 Å². The quantitative estimate of drug-likeness (QED) is 0.705. The molecule has 0 bridgehead atoms. The molecular formula is C10H9FN2O2. The summed E-state index contributed by atoms with van der Waals surface area (Å²) >= 11 is 0. The van der Waals surface area contributed by atoms with Crippen LogP contribution >= 0.6 is 0 Å². The molecule has 0 N–H and O–H groups in total. The van der Waals surface area contributed by atoms with Crippen LogP contribution < -0.4 is 0 Å². The number of carbonyl (C=O) groups is 1. The van der Waals surface area contributed by atoms with E-state index in [1.807, 2.05) is 0 Å². The Labute approximate surface area is 85.3 Å². The average molecular weight is 208 g/mol. The molecule has 0 aliphatic heterocycles. The van der Waals surface area contributed by atoms with Crippen molar-refractivity contribution < 1.29 is 13.9 Å². The molecule has 2 aromatic heterocycles. The molecule has 2 rings (SSSR count). The predicted octanol–water partition coefficient (Wildman–Crippen LogP) is 1.65. The molecule has 0 spiro atoms. The molecule has 0 amide bonds. The Bertz CT molecular complexity index is 507. The van der Waals surface area contributed by atoms with Crippen molar-refractivity contribution in [3.05, 3.63) is 36.0 Å². The SMILES string of the molecule is CCOC(=O)c1nc2ccccn2c1F. The fraction of sp³-hybridized carbons (Fsp3) is 0.200. The van der Waals surface area contributed by atoms with Gasteiger partial charge in [0.1, 0.15) is 5.65 Å². The van der Waals surface area contributed by atoms with Crippen LogP contribution in [0.5, 0.6) is 0 Å². The van der Waals surface area contributed by atoms with Crippen LogP contribution in [-0.2, 0) is 4.74 Å². The third-order valence-electron chi connectivity index (χ3n) is 1.94. The maximum absolute atomic E-state index is 13.6. The number of imidazole rings is 1. The molecule has 0 atom stereocenters. The third-order valence-corrected chi connectivity index (χ3v) is 1.94. The summed E-state index contributed by atoms with van der Waals surface area (Å²) in [6.07, 6.45) is 1.50. The predicted molar refractivity (Wildman–Crippen MR) is 51.1 cm³/mol. The molecule has 0 saturated carbocycles. The van der Waals surface area contributed by atoms with Crippen molar-refractivity contribution in [2.45, 2.75) is 6.92 Å². The van der Waals surface area contributed by atoms with Gasteiger partial charge in [-0.05, 0) is 19.1 Å². The van der Waals surface area contributed by atoms with E-state index in [2.05, 4.69) is 9.72 Å². The highest BCUT2D eigenvalue weighted by Crippen LogP contribution is 2.11. The second-order valence-corrected chi connectivity index (χ2v) is 2.90. The number of carbonyl (C=O) groups excluding carboxylic acids is 1. The van der Waals surface area contributed by atoms with Crippen LogP contribution in [0.1, 0.15) is 17.4 Å². The number of esters is 1. The van der Waals surface area contributed by atoms with Crippen LogP contribution in [0, 0.1) is 5.95 Å². The van der Waals surface area contributed by atoms with Gasteiger partial charge in [-0.15, -0.1) is 0 Å². The molecule has 0 aromatic carbocycles. The van der Waals surface area contributed by atoms with E-state index in [-0.39, 0.29) is 12.3 Å². The minimum Gasteiger partial charge on any atom is -0.461 e. The summed E-state index contributed by atoms with van der Waals surface area (Å²) in [6.45, 7) is 1.86.